The van der Waals surface area contributed by atoms with Gasteiger partial charge in [-0.1, -0.05) is 6.42 Å². The van der Waals surface area contributed by atoms with E-state index >= 15 is 0 Å². The Balaban J connectivity index is 1.83. The van der Waals surface area contributed by atoms with E-state index in [1.165, 1.54) is 0 Å². The fourth-order valence-corrected chi connectivity index (χ4v) is 2.52. The van der Waals surface area contributed by atoms with Gasteiger partial charge in [0.15, 0.2) is 0 Å². The van der Waals surface area contributed by atoms with Crippen molar-refractivity contribution in [1.29, 1.82) is 0 Å². The molecule has 7 nitrogen and oxygen atoms in total. The summed E-state index contributed by atoms with van der Waals surface area (Å²) in [4.78, 5) is 19.0. The van der Waals surface area contributed by atoms with Gasteiger partial charge in [0, 0.05) is 24.1 Å². The van der Waals surface area contributed by atoms with Crippen molar-refractivity contribution in [3.8, 4) is 0 Å². The summed E-state index contributed by atoms with van der Waals surface area (Å²) in [7, 11) is 0. The van der Waals surface area contributed by atoms with Gasteiger partial charge in [-0.25, -0.2) is 4.98 Å². The summed E-state index contributed by atoms with van der Waals surface area (Å²) >= 11 is 0. The van der Waals surface area contributed by atoms with E-state index in [0.717, 1.165) is 11.8 Å². The first kappa shape index (κ1) is 17.9. The normalized spacial score (nSPS) is 13.3. The largest absolute Gasteiger partial charge is 0.677 e. The first-order chi connectivity index (χ1) is 12.4. The highest BCUT2D eigenvalue weighted by molar-refractivity contribution is 5.99. The number of alkyl halides is 3. The lowest BCUT2D eigenvalue weighted by molar-refractivity contribution is -0.137. The zero-order valence-corrected chi connectivity index (χ0v) is 13.6. The van der Waals surface area contributed by atoms with E-state index in [-0.39, 0.29) is 37.2 Å². The van der Waals surface area contributed by atoms with Gasteiger partial charge in [-0.05, 0) is 23.8 Å². The third-order valence-corrected chi connectivity index (χ3v) is 3.73. The molecule has 0 bridgehead atoms. The van der Waals surface area contributed by atoms with Gasteiger partial charge in [-0.2, -0.15) is 18.2 Å². The van der Waals surface area contributed by atoms with Gasteiger partial charge >= 0.3 is 6.18 Å². The van der Waals surface area contributed by atoms with E-state index < -0.39 is 11.7 Å². The fourth-order valence-electron chi connectivity index (χ4n) is 2.52. The first-order valence-corrected chi connectivity index (χ1v) is 7.89. The van der Waals surface area contributed by atoms with Crippen molar-refractivity contribution in [2.24, 2.45) is 0 Å². The standard InChI is InChI=1S/C16H16F3N6O/c17-16(18,19)11-8-22-15(25-14(11)21-5-1-4-20)23-10-2-3-12-9(6-10)7-13(26)24-12/h2-3,6,8,20H,1,4-5,7H2,(H,24,26)(H2,21,22,23,25)/q-1. The molecule has 1 amide bonds. The van der Waals surface area contributed by atoms with Gasteiger partial charge in [0.1, 0.15) is 11.4 Å². The predicted molar refractivity (Wildman–Crippen MR) is 91.4 cm³/mol. The lowest BCUT2D eigenvalue weighted by Gasteiger charge is -2.15. The summed E-state index contributed by atoms with van der Waals surface area (Å²) in [6.45, 7) is 0.308. The molecule has 0 fully saturated rings. The summed E-state index contributed by atoms with van der Waals surface area (Å²) < 4.78 is 39.3. The van der Waals surface area contributed by atoms with Crippen molar-refractivity contribution >= 4 is 29.0 Å². The van der Waals surface area contributed by atoms with Crippen molar-refractivity contribution in [1.82, 2.24) is 9.97 Å². The molecule has 0 saturated carbocycles. The molecule has 0 aliphatic carbocycles. The topological polar surface area (TPSA) is 103 Å². The number of rotatable bonds is 6. The maximum atomic E-state index is 13.1. The number of nitrogens with zero attached hydrogens (tertiary/aromatic N) is 2. The van der Waals surface area contributed by atoms with Crippen LogP contribution in [-0.4, -0.2) is 29.0 Å². The molecular formula is C16H16F3N6O-. The summed E-state index contributed by atoms with van der Waals surface area (Å²) in [5, 5.41) is 8.16. The molecule has 2 aromatic rings. The molecule has 4 N–H and O–H groups in total. The molecule has 0 spiro atoms. The number of carbonyl (C=O) groups is 1. The van der Waals surface area contributed by atoms with Crippen molar-refractivity contribution in [2.45, 2.75) is 19.0 Å². The van der Waals surface area contributed by atoms with Gasteiger partial charge in [-0.15, -0.1) is 6.54 Å². The van der Waals surface area contributed by atoms with Crippen molar-refractivity contribution < 1.29 is 18.0 Å². The Bertz CT molecular complexity index is 824. The number of hydrogen-bond donors (Lipinski definition) is 3. The Hall–Kier alpha value is -2.88. The zero-order chi connectivity index (χ0) is 18.7. The second-order valence-corrected chi connectivity index (χ2v) is 5.71. The third-order valence-electron chi connectivity index (χ3n) is 3.73. The molecule has 0 saturated heterocycles. The Kier molecular flexibility index (Phi) is 4.94. The van der Waals surface area contributed by atoms with Gasteiger partial charge in [0.25, 0.3) is 0 Å². The molecule has 1 aromatic carbocycles. The summed E-state index contributed by atoms with van der Waals surface area (Å²) in [6.07, 6.45) is -3.22. The van der Waals surface area contributed by atoms with Crippen LogP contribution in [0.2, 0.25) is 0 Å². The molecule has 1 aliphatic rings. The molecule has 0 radical (unpaired) electrons. The summed E-state index contributed by atoms with van der Waals surface area (Å²) in [5.74, 6) is -0.436. The monoisotopic (exact) mass is 365 g/mol. The number of halogens is 3. The van der Waals surface area contributed by atoms with Gasteiger partial charge in [0.2, 0.25) is 11.9 Å². The van der Waals surface area contributed by atoms with Crippen LogP contribution in [0.15, 0.2) is 24.4 Å². The smallest absolute Gasteiger partial charge is 0.421 e. The van der Waals surface area contributed by atoms with Crippen LogP contribution < -0.4 is 16.0 Å². The third kappa shape index (κ3) is 4.02. The summed E-state index contributed by atoms with van der Waals surface area (Å²) in [6, 6.07) is 5.11. The Morgan fingerprint density at radius 1 is 1.31 bits per heavy atom. The van der Waals surface area contributed by atoms with Crippen LogP contribution in [0.5, 0.6) is 0 Å². The minimum atomic E-state index is -4.58. The molecule has 138 valence electrons. The van der Waals surface area contributed by atoms with E-state index in [1.54, 1.807) is 18.2 Å². The number of aromatic nitrogens is 2. The van der Waals surface area contributed by atoms with E-state index in [2.05, 4.69) is 25.9 Å². The number of benzene rings is 1. The van der Waals surface area contributed by atoms with Gasteiger partial charge < -0.3 is 21.7 Å². The SMILES string of the molecule is [NH-]CCCNc1nc(Nc2ccc3c(c2)CC(=O)N3)ncc1C(F)(F)F. The quantitative estimate of drug-likeness (QED) is 0.679. The molecule has 1 aromatic heterocycles. The van der Waals surface area contributed by atoms with Crippen LogP contribution in [0.25, 0.3) is 5.73 Å². The molecule has 0 atom stereocenters. The highest BCUT2D eigenvalue weighted by Crippen LogP contribution is 2.34. The Labute approximate surface area is 147 Å². The van der Waals surface area contributed by atoms with Crippen LogP contribution in [0.4, 0.5) is 36.3 Å². The number of fused-ring (bicyclic) bond motifs is 1. The molecular weight excluding hydrogens is 349 g/mol. The molecule has 2 heterocycles. The van der Waals surface area contributed by atoms with E-state index in [0.29, 0.717) is 17.8 Å². The minimum Gasteiger partial charge on any atom is -0.677 e. The molecule has 0 unspecified atom stereocenters. The van der Waals surface area contributed by atoms with E-state index in [4.69, 9.17) is 5.73 Å². The lowest BCUT2D eigenvalue weighted by atomic mass is 10.1. The van der Waals surface area contributed by atoms with Crippen molar-refractivity contribution in [2.75, 3.05) is 29.0 Å². The van der Waals surface area contributed by atoms with Crippen LogP contribution in [0.3, 0.4) is 0 Å². The number of anilines is 4. The number of carbonyl (C=O) groups excluding carboxylic acids is 1. The van der Waals surface area contributed by atoms with Gasteiger partial charge in [-0.3, -0.25) is 4.79 Å². The number of nitrogens with one attached hydrogen (secondary N) is 4. The average Bonchev–Trinajstić information content (AvgIpc) is 2.93. The minimum absolute atomic E-state index is 0.00334. The first-order valence-electron chi connectivity index (χ1n) is 7.89. The molecule has 10 heteroatoms. The number of hydrogen-bond acceptors (Lipinski definition) is 5. The second-order valence-electron chi connectivity index (χ2n) is 5.71. The fraction of sp³-hybridized carbons (Fsp3) is 0.312. The van der Waals surface area contributed by atoms with Crippen LogP contribution in [-0.2, 0) is 17.4 Å². The second kappa shape index (κ2) is 7.16. The maximum Gasteiger partial charge on any atom is 0.421 e. The lowest BCUT2D eigenvalue weighted by Crippen LogP contribution is -2.15. The highest BCUT2D eigenvalue weighted by Gasteiger charge is 2.35. The predicted octanol–water partition coefficient (Wildman–Crippen LogP) is 3.59. The Morgan fingerprint density at radius 2 is 2.12 bits per heavy atom. The molecule has 1 aliphatic heterocycles. The average molecular weight is 365 g/mol. The number of amides is 1. The molecule has 3 rings (SSSR count). The Morgan fingerprint density at radius 3 is 2.85 bits per heavy atom. The maximum absolute atomic E-state index is 13.1. The van der Waals surface area contributed by atoms with E-state index in [9.17, 15) is 18.0 Å². The van der Waals surface area contributed by atoms with E-state index in [1.807, 2.05) is 0 Å². The summed E-state index contributed by atoms with van der Waals surface area (Å²) in [5.41, 5.74) is 8.19. The van der Waals surface area contributed by atoms with Crippen molar-refractivity contribution in [3.63, 3.8) is 0 Å². The molecule has 26 heavy (non-hydrogen) atoms. The van der Waals surface area contributed by atoms with Gasteiger partial charge in [0.05, 0.1) is 6.42 Å². The van der Waals surface area contributed by atoms with Crippen LogP contribution >= 0.6 is 0 Å². The van der Waals surface area contributed by atoms with Crippen molar-refractivity contribution in [3.05, 3.63) is 41.3 Å². The van der Waals surface area contributed by atoms with Crippen LogP contribution in [0, 0.1) is 0 Å². The zero-order valence-electron chi connectivity index (χ0n) is 13.6. The highest BCUT2D eigenvalue weighted by atomic mass is 19.4. The van der Waals surface area contributed by atoms with Crippen LogP contribution in [0.1, 0.15) is 17.5 Å².